The lowest BCUT2D eigenvalue weighted by molar-refractivity contribution is 0.0696. The van der Waals surface area contributed by atoms with Crippen LogP contribution in [0.15, 0.2) is 18.2 Å². The van der Waals surface area contributed by atoms with Crippen molar-refractivity contribution in [1.29, 1.82) is 0 Å². The number of carbonyl (C=O) groups is 1. The summed E-state index contributed by atoms with van der Waals surface area (Å²) >= 11 is 0. The van der Waals surface area contributed by atoms with Gasteiger partial charge >= 0.3 is 0 Å². The minimum atomic E-state index is -0.360. The number of hydrogen-bond acceptors (Lipinski definition) is 2. The predicted octanol–water partition coefficient (Wildman–Crippen LogP) is 2.81. The topological polar surface area (TPSA) is 42.7 Å². The number of nitrogens with zero attached hydrogens (tertiary/aromatic N) is 1. The lowest BCUT2D eigenvalue weighted by Gasteiger charge is -2.23. The first-order valence-corrected chi connectivity index (χ1v) is 7.53. The van der Waals surface area contributed by atoms with E-state index in [0.29, 0.717) is 18.8 Å². The first kappa shape index (κ1) is 14.1. The van der Waals surface area contributed by atoms with Gasteiger partial charge in [-0.3, -0.25) is 4.79 Å². The summed E-state index contributed by atoms with van der Waals surface area (Å²) in [6, 6.07) is 6.06. The van der Waals surface area contributed by atoms with E-state index in [1.165, 1.54) is 0 Å². The quantitative estimate of drug-likeness (QED) is 0.867. The Balaban J connectivity index is 1.79. The Morgan fingerprint density at radius 2 is 2.10 bits per heavy atom. The molecular formula is C17H20N2O2. The van der Waals surface area contributed by atoms with Crippen molar-refractivity contribution in [2.75, 3.05) is 13.2 Å². The Hall–Kier alpha value is -1.86. The Morgan fingerprint density at radius 1 is 1.38 bits per heavy atom. The summed E-state index contributed by atoms with van der Waals surface area (Å²) in [5.41, 5.74) is 2.29. The molecule has 4 heteroatoms. The molecule has 110 valence electrons. The number of carbonyl (C=O) groups excluding carboxylic acids is 1. The molecule has 0 unspecified atom stereocenters. The average molecular weight is 284 g/mol. The SMILES string of the molecule is [C-]#[N+]C1(c2ccc(C)c(C(=O)NC3CCOCC3)c2)CC1. The number of hydrogen-bond donors (Lipinski definition) is 1. The summed E-state index contributed by atoms with van der Waals surface area (Å²) in [6.07, 6.45) is 3.55. The first-order chi connectivity index (χ1) is 10.1. The van der Waals surface area contributed by atoms with Gasteiger partial charge in [-0.2, -0.15) is 0 Å². The fourth-order valence-corrected chi connectivity index (χ4v) is 2.84. The van der Waals surface area contributed by atoms with Gasteiger partial charge in [0.05, 0.1) is 0 Å². The molecule has 0 radical (unpaired) electrons. The summed E-state index contributed by atoms with van der Waals surface area (Å²) in [6.45, 7) is 10.7. The molecule has 2 aliphatic rings. The second-order valence-electron chi connectivity index (χ2n) is 6.03. The van der Waals surface area contributed by atoms with Crippen LogP contribution in [-0.2, 0) is 10.3 Å². The van der Waals surface area contributed by atoms with E-state index in [1.54, 1.807) is 0 Å². The molecule has 4 nitrogen and oxygen atoms in total. The normalized spacial score (nSPS) is 20.6. The molecule has 21 heavy (non-hydrogen) atoms. The highest BCUT2D eigenvalue weighted by molar-refractivity contribution is 5.96. The van der Waals surface area contributed by atoms with Gasteiger partial charge in [-0.1, -0.05) is 12.1 Å². The van der Waals surface area contributed by atoms with E-state index in [1.807, 2.05) is 25.1 Å². The Morgan fingerprint density at radius 3 is 2.71 bits per heavy atom. The molecule has 1 aromatic rings. The Bertz CT molecular complexity index is 593. The van der Waals surface area contributed by atoms with Gasteiger partial charge in [0.1, 0.15) is 0 Å². The van der Waals surface area contributed by atoms with Gasteiger partial charge in [0.15, 0.2) is 0 Å². The summed E-state index contributed by atoms with van der Waals surface area (Å²) in [5.74, 6) is -0.0259. The van der Waals surface area contributed by atoms with Crippen molar-refractivity contribution in [3.8, 4) is 0 Å². The van der Waals surface area contributed by atoms with E-state index < -0.39 is 0 Å². The van der Waals surface area contributed by atoms with Crippen LogP contribution in [0, 0.1) is 13.5 Å². The minimum Gasteiger partial charge on any atom is -0.381 e. The molecule has 0 bridgehead atoms. The van der Waals surface area contributed by atoms with E-state index in [9.17, 15) is 4.79 Å². The Labute approximate surface area is 125 Å². The van der Waals surface area contributed by atoms with Crippen LogP contribution in [-0.4, -0.2) is 25.2 Å². The number of amides is 1. The number of aryl methyl sites for hydroxylation is 1. The molecule has 3 rings (SSSR count). The van der Waals surface area contributed by atoms with Crippen molar-refractivity contribution >= 4 is 5.91 Å². The van der Waals surface area contributed by atoms with Crippen molar-refractivity contribution < 1.29 is 9.53 Å². The zero-order valence-electron chi connectivity index (χ0n) is 12.3. The van der Waals surface area contributed by atoms with Gasteiger partial charge in [0.25, 0.3) is 11.4 Å². The van der Waals surface area contributed by atoms with E-state index in [-0.39, 0.29) is 17.5 Å². The minimum absolute atomic E-state index is 0.0259. The fraction of sp³-hybridized carbons (Fsp3) is 0.529. The molecule has 0 spiro atoms. The molecule has 1 aliphatic heterocycles. The van der Waals surface area contributed by atoms with Gasteiger partial charge in [-0.15, -0.1) is 0 Å². The monoisotopic (exact) mass is 284 g/mol. The van der Waals surface area contributed by atoms with Gasteiger partial charge in [0.2, 0.25) is 0 Å². The van der Waals surface area contributed by atoms with Crippen molar-refractivity contribution in [3.63, 3.8) is 0 Å². The highest BCUT2D eigenvalue weighted by Crippen LogP contribution is 2.49. The van der Waals surface area contributed by atoms with Gasteiger partial charge in [0, 0.05) is 43.2 Å². The second-order valence-corrected chi connectivity index (χ2v) is 6.03. The standard InChI is InChI=1S/C17H20N2O2/c1-12-3-4-13(17(18-2)7-8-17)11-15(12)16(20)19-14-5-9-21-10-6-14/h3-4,11,14H,5-10H2,1H3,(H,19,20). The van der Waals surface area contributed by atoms with Crippen LogP contribution >= 0.6 is 0 Å². The smallest absolute Gasteiger partial charge is 0.258 e. The van der Waals surface area contributed by atoms with Crippen molar-refractivity contribution in [2.24, 2.45) is 0 Å². The molecule has 0 atom stereocenters. The molecule has 1 aliphatic carbocycles. The summed E-state index contributed by atoms with van der Waals surface area (Å²) in [4.78, 5) is 16.2. The van der Waals surface area contributed by atoms with E-state index in [0.717, 1.165) is 36.8 Å². The maximum atomic E-state index is 12.5. The van der Waals surface area contributed by atoms with Crippen molar-refractivity contribution in [1.82, 2.24) is 5.32 Å². The van der Waals surface area contributed by atoms with Crippen molar-refractivity contribution in [2.45, 2.75) is 44.2 Å². The third-order valence-electron chi connectivity index (χ3n) is 4.51. The largest absolute Gasteiger partial charge is 0.381 e. The van der Waals surface area contributed by atoms with Crippen molar-refractivity contribution in [3.05, 3.63) is 46.3 Å². The number of rotatable bonds is 3. The van der Waals surface area contributed by atoms with Crippen LogP contribution in [0.5, 0.6) is 0 Å². The molecule has 1 saturated carbocycles. The molecule has 1 saturated heterocycles. The number of nitrogens with one attached hydrogen (secondary N) is 1. The summed E-state index contributed by atoms with van der Waals surface area (Å²) < 4.78 is 5.31. The van der Waals surface area contributed by atoms with Gasteiger partial charge in [-0.25, -0.2) is 6.57 Å². The molecule has 1 heterocycles. The highest BCUT2D eigenvalue weighted by atomic mass is 16.5. The first-order valence-electron chi connectivity index (χ1n) is 7.53. The predicted molar refractivity (Wildman–Crippen MR) is 80.0 cm³/mol. The second kappa shape index (κ2) is 5.50. The third kappa shape index (κ3) is 2.79. The van der Waals surface area contributed by atoms with Crippen LogP contribution in [0.4, 0.5) is 0 Å². The van der Waals surface area contributed by atoms with E-state index in [4.69, 9.17) is 11.3 Å². The third-order valence-corrected chi connectivity index (χ3v) is 4.51. The molecule has 0 aromatic heterocycles. The van der Waals surface area contributed by atoms with Crippen LogP contribution < -0.4 is 5.32 Å². The van der Waals surface area contributed by atoms with Crippen LogP contribution in [0.1, 0.15) is 47.2 Å². The Kier molecular flexibility index (Phi) is 3.69. The molecule has 1 amide bonds. The lowest BCUT2D eigenvalue weighted by atomic mass is 9.98. The number of benzene rings is 1. The maximum absolute atomic E-state index is 12.5. The molecule has 2 fully saturated rings. The zero-order valence-corrected chi connectivity index (χ0v) is 12.3. The fourth-order valence-electron chi connectivity index (χ4n) is 2.84. The summed E-state index contributed by atoms with van der Waals surface area (Å²) in [5, 5.41) is 3.10. The highest BCUT2D eigenvalue weighted by Gasteiger charge is 2.52. The molecule has 1 aromatic carbocycles. The van der Waals surface area contributed by atoms with E-state index >= 15 is 0 Å². The summed E-state index contributed by atoms with van der Waals surface area (Å²) in [7, 11) is 0. The molecule has 1 N–H and O–H groups in total. The lowest BCUT2D eigenvalue weighted by Crippen LogP contribution is -2.39. The van der Waals surface area contributed by atoms with Crippen LogP contribution in [0.2, 0.25) is 0 Å². The van der Waals surface area contributed by atoms with Crippen LogP contribution in [0.25, 0.3) is 4.85 Å². The zero-order chi connectivity index (χ0) is 14.9. The molecular weight excluding hydrogens is 264 g/mol. The maximum Gasteiger partial charge on any atom is 0.258 e. The van der Waals surface area contributed by atoms with E-state index in [2.05, 4.69) is 10.2 Å². The average Bonchev–Trinajstić information content (AvgIpc) is 3.30. The van der Waals surface area contributed by atoms with Crippen LogP contribution in [0.3, 0.4) is 0 Å². The van der Waals surface area contributed by atoms with Gasteiger partial charge < -0.3 is 14.9 Å². The van der Waals surface area contributed by atoms with Gasteiger partial charge in [-0.05, 0) is 31.4 Å². The number of ether oxygens (including phenoxy) is 1.